The Morgan fingerprint density at radius 3 is 2.30 bits per heavy atom. The van der Waals surface area contributed by atoms with Crippen molar-refractivity contribution in [1.29, 1.82) is 0 Å². The number of hydrogen-bond acceptors (Lipinski definition) is 5. The van der Waals surface area contributed by atoms with Crippen molar-refractivity contribution >= 4 is 33.2 Å². The van der Waals surface area contributed by atoms with Gasteiger partial charge in [-0.25, -0.2) is 13.1 Å². The third-order valence-corrected chi connectivity index (χ3v) is 6.19. The maximum absolute atomic E-state index is 12.9. The molecule has 0 aliphatic heterocycles. The van der Waals surface area contributed by atoms with Crippen molar-refractivity contribution in [2.75, 3.05) is 5.32 Å². The van der Waals surface area contributed by atoms with Crippen LogP contribution >= 0.6 is 11.6 Å². The Kier molecular flexibility index (Phi) is 6.03. The average Bonchev–Trinajstić information content (AvgIpc) is 3.02. The van der Waals surface area contributed by atoms with Crippen molar-refractivity contribution in [2.45, 2.75) is 38.1 Å². The smallest absolute Gasteiger partial charge is 0.261 e. The molecule has 3 aromatic rings. The van der Waals surface area contributed by atoms with E-state index in [0.29, 0.717) is 27.7 Å². The van der Waals surface area contributed by atoms with Gasteiger partial charge in [-0.15, -0.1) is 0 Å². The van der Waals surface area contributed by atoms with Crippen LogP contribution in [0.3, 0.4) is 0 Å². The number of amides is 1. The van der Waals surface area contributed by atoms with Crippen LogP contribution in [-0.2, 0) is 10.0 Å². The van der Waals surface area contributed by atoms with E-state index in [-0.39, 0.29) is 10.5 Å². The van der Waals surface area contributed by atoms with Gasteiger partial charge < -0.3 is 9.84 Å². The van der Waals surface area contributed by atoms with Crippen LogP contribution in [0, 0.1) is 6.92 Å². The molecule has 0 unspecified atom stereocenters. The first-order valence-electron chi connectivity index (χ1n) is 9.14. The Bertz CT molecular complexity index is 1180. The Morgan fingerprint density at radius 1 is 1.07 bits per heavy atom. The number of halogens is 1. The molecular weight excluding hydrogens is 426 g/mol. The lowest BCUT2D eigenvalue weighted by atomic mass is 10.1. The van der Waals surface area contributed by atoms with E-state index in [2.05, 4.69) is 15.2 Å². The number of carbonyl (C=O) groups is 1. The van der Waals surface area contributed by atoms with Gasteiger partial charge in [0.05, 0.1) is 9.92 Å². The number of aromatic nitrogens is 1. The second kappa shape index (κ2) is 8.22. The van der Waals surface area contributed by atoms with Gasteiger partial charge in [-0.1, -0.05) is 35.0 Å². The highest BCUT2D eigenvalue weighted by Gasteiger charge is 2.24. The largest absolute Gasteiger partial charge is 0.360 e. The molecule has 1 aromatic heterocycles. The van der Waals surface area contributed by atoms with Gasteiger partial charge in [-0.05, 0) is 58.0 Å². The molecule has 0 aliphatic carbocycles. The predicted octanol–water partition coefficient (Wildman–Crippen LogP) is 4.63. The Hall–Kier alpha value is -2.68. The first-order valence-corrected chi connectivity index (χ1v) is 11.0. The molecule has 0 aliphatic rings. The highest BCUT2D eigenvalue weighted by Crippen LogP contribution is 2.31. The second-order valence-corrected chi connectivity index (χ2v) is 9.87. The fourth-order valence-corrected chi connectivity index (χ4v) is 4.49. The number of anilines is 1. The summed E-state index contributed by atoms with van der Waals surface area (Å²) in [5, 5.41) is 7.17. The Morgan fingerprint density at radius 2 is 1.70 bits per heavy atom. The number of rotatable bonds is 5. The molecule has 0 atom stereocenters. The molecule has 0 saturated carbocycles. The van der Waals surface area contributed by atoms with Crippen LogP contribution in [0.4, 0.5) is 5.69 Å². The minimum absolute atomic E-state index is 0.105. The molecule has 0 radical (unpaired) electrons. The summed E-state index contributed by atoms with van der Waals surface area (Å²) in [5.74, 6) is -0.0944. The normalized spacial score (nSPS) is 12.0. The van der Waals surface area contributed by atoms with Crippen LogP contribution in [0.2, 0.25) is 5.02 Å². The number of benzene rings is 2. The first kappa shape index (κ1) is 22.0. The van der Waals surface area contributed by atoms with Gasteiger partial charge in [0.25, 0.3) is 5.91 Å². The summed E-state index contributed by atoms with van der Waals surface area (Å²) in [6.07, 6.45) is 0. The highest BCUT2D eigenvalue weighted by molar-refractivity contribution is 7.89. The van der Waals surface area contributed by atoms with E-state index in [9.17, 15) is 13.2 Å². The molecule has 158 valence electrons. The molecule has 2 aromatic carbocycles. The number of carbonyl (C=O) groups excluding carboxylic acids is 1. The summed E-state index contributed by atoms with van der Waals surface area (Å²) in [7, 11) is -3.66. The van der Waals surface area contributed by atoms with E-state index < -0.39 is 21.5 Å². The van der Waals surface area contributed by atoms with Gasteiger partial charge in [0, 0.05) is 16.8 Å². The van der Waals surface area contributed by atoms with E-state index in [0.717, 1.165) is 0 Å². The van der Waals surface area contributed by atoms with Gasteiger partial charge in [0.15, 0.2) is 0 Å². The standard InChI is InChI=1S/C21H22ClN3O4S/c1-13-18(19(24-29-13)16-7-5-6-8-17(16)22)20(26)23-14-9-11-15(12-10-14)30(27,28)25-21(2,3)4/h5-12,25H,1-4H3,(H,23,26). The topological polar surface area (TPSA) is 101 Å². The third-order valence-electron chi connectivity index (χ3n) is 4.08. The average molecular weight is 448 g/mol. The first-order chi connectivity index (χ1) is 14.0. The van der Waals surface area contributed by atoms with Crippen LogP contribution < -0.4 is 10.0 Å². The van der Waals surface area contributed by atoms with Crippen molar-refractivity contribution < 1.29 is 17.7 Å². The molecule has 1 amide bonds. The molecule has 1 heterocycles. The number of aryl methyl sites for hydroxylation is 1. The number of hydrogen-bond donors (Lipinski definition) is 2. The van der Waals surface area contributed by atoms with Crippen molar-refractivity contribution in [2.24, 2.45) is 0 Å². The summed E-state index contributed by atoms with van der Waals surface area (Å²) in [4.78, 5) is 13.0. The van der Waals surface area contributed by atoms with Crippen molar-refractivity contribution in [3.8, 4) is 11.3 Å². The monoisotopic (exact) mass is 447 g/mol. The summed E-state index contributed by atoms with van der Waals surface area (Å²) in [5.41, 5.74) is 1.00. The predicted molar refractivity (Wildman–Crippen MR) is 116 cm³/mol. The molecule has 7 nitrogen and oxygen atoms in total. The van der Waals surface area contributed by atoms with E-state index >= 15 is 0 Å². The van der Waals surface area contributed by atoms with Crippen LogP contribution in [0.1, 0.15) is 36.9 Å². The number of nitrogens with one attached hydrogen (secondary N) is 2. The lowest BCUT2D eigenvalue weighted by molar-refractivity contribution is 0.102. The van der Waals surface area contributed by atoms with Gasteiger partial charge in [0.2, 0.25) is 10.0 Å². The van der Waals surface area contributed by atoms with E-state index in [4.69, 9.17) is 16.1 Å². The molecule has 0 spiro atoms. The van der Waals surface area contributed by atoms with Crippen molar-refractivity contribution in [3.63, 3.8) is 0 Å². The molecule has 30 heavy (non-hydrogen) atoms. The molecule has 0 bridgehead atoms. The van der Waals surface area contributed by atoms with Crippen molar-refractivity contribution in [1.82, 2.24) is 9.88 Å². The Balaban J connectivity index is 1.85. The lowest BCUT2D eigenvalue weighted by Gasteiger charge is -2.20. The third kappa shape index (κ3) is 4.89. The van der Waals surface area contributed by atoms with E-state index in [1.165, 1.54) is 24.3 Å². The summed E-state index contributed by atoms with van der Waals surface area (Å²) in [6, 6.07) is 12.9. The molecule has 2 N–H and O–H groups in total. The van der Waals surface area contributed by atoms with E-state index in [1.54, 1.807) is 52.0 Å². The van der Waals surface area contributed by atoms with Crippen LogP contribution in [0.15, 0.2) is 57.9 Å². The zero-order chi connectivity index (χ0) is 22.1. The maximum Gasteiger partial charge on any atom is 0.261 e. The molecular formula is C21H22ClN3O4S. The fourth-order valence-electron chi connectivity index (χ4n) is 2.85. The lowest BCUT2D eigenvalue weighted by Crippen LogP contribution is -2.40. The quantitative estimate of drug-likeness (QED) is 0.593. The SMILES string of the molecule is Cc1onc(-c2ccccc2Cl)c1C(=O)Nc1ccc(S(=O)(=O)NC(C)(C)C)cc1. The molecule has 3 rings (SSSR count). The summed E-state index contributed by atoms with van der Waals surface area (Å²) < 4.78 is 32.6. The zero-order valence-corrected chi connectivity index (χ0v) is 18.6. The highest BCUT2D eigenvalue weighted by atomic mass is 35.5. The van der Waals surface area contributed by atoms with Gasteiger partial charge >= 0.3 is 0 Å². The molecule has 0 fully saturated rings. The molecule has 0 saturated heterocycles. The summed E-state index contributed by atoms with van der Waals surface area (Å²) >= 11 is 6.23. The van der Waals surface area contributed by atoms with E-state index in [1.807, 2.05) is 0 Å². The zero-order valence-electron chi connectivity index (χ0n) is 17.0. The minimum atomic E-state index is -3.66. The summed E-state index contributed by atoms with van der Waals surface area (Å²) in [6.45, 7) is 6.92. The maximum atomic E-state index is 12.9. The second-order valence-electron chi connectivity index (χ2n) is 7.78. The van der Waals surface area contributed by atoms with Gasteiger partial charge in [-0.3, -0.25) is 4.79 Å². The van der Waals surface area contributed by atoms with Crippen molar-refractivity contribution in [3.05, 3.63) is 64.9 Å². The minimum Gasteiger partial charge on any atom is -0.360 e. The number of sulfonamides is 1. The van der Waals surface area contributed by atoms with Gasteiger partial charge in [-0.2, -0.15) is 0 Å². The number of nitrogens with zero attached hydrogens (tertiary/aromatic N) is 1. The fraction of sp³-hybridized carbons (Fsp3) is 0.238. The van der Waals surface area contributed by atoms with Crippen LogP contribution in [0.5, 0.6) is 0 Å². The van der Waals surface area contributed by atoms with Crippen LogP contribution in [-0.4, -0.2) is 25.0 Å². The van der Waals surface area contributed by atoms with Crippen LogP contribution in [0.25, 0.3) is 11.3 Å². The molecule has 9 heteroatoms. The Labute approximate surface area is 180 Å². The van der Waals surface area contributed by atoms with Gasteiger partial charge in [0.1, 0.15) is 17.0 Å².